The minimum absolute atomic E-state index is 0.0298. The number of benzene rings is 3. The Morgan fingerprint density at radius 3 is 2.53 bits per heavy atom. The molecule has 5 nitrogen and oxygen atoms in total. The zero-order chi connectivity index (χ0) is 20.5. The molecule has 2 aliphatic rings. The molecule has 0 spiro atoms. The van der Waals surface area contributed by atoms with Gasteiger partial charge in [-0.05, 0) is 54.5 Å². The Hall–Kier alpha value is -3.86. The molecule has 2 heterocycles. The van der Waals surface area contributed by atoms with Crippen molar-refractivity contribution in [3.63, 3.8) is 0 Å². The van der Waals surface area contributed by atoms with Crippen molar-refractivity contribution < 1.29 is 14.3 Å². The van der Waals surface area contributed by atoms with Crippen LogP contribution in [0.5, 0.6) is 5.75 Å². The third-order valence-corrected chi connectivity index (χ3v) is 5.45. The fraction of sp³-hybridized carbons (Fsp3) is 0.120. The summed E-state index contributed by atoms with van der Waals surface area (Å²) in [6.07, 6.45) is 2.72. The largest absolute Gasteiger partial charge is 0.488 e. The first-order valence-corrected chi connectivity index (χ1v) is 9.93. The second-order valence-corrected chi connectivity index (χ2v) is 7.36. The summed E-state index contributed by atoms with van der Waals surface area (Å²) in [5.41, 5.74) is 4.85. The second kappa shape index (κ2) is 7.52. The molecule has 3 aromatic carbocycles. The van der Waals surface area contributed by atoms with Crippen LogP contribution in [0.1, 0.15) is 21.5 Å². The molecule has 148 valence electrons. The molecule has 3 aromatic rings. The number of fused-ring (bicyclic) bond motifs is 2. The van der Waals surface area contributed by atoms with E-state index in [0.29, 0.717) is 23.4 Å². The maximum absolute atomic E-state index is 12.9. The molecule has 5 rings (SSSR count). The van der Waals surface area contributed by atoms with Crippen LogP contribution in [-0.4, -0.2) is 25.0 Å². The van der Waals surface area contributed by atoms with E-state index in [1.807, 2.05) is 53.4 Å². The lowest BCUT2D eigenvalue weighted by Gasteiger charge is -2.18. The molecule has 0 saturated carbocycles. The highest BCUT2D eigenvalue weighted by molar-refractivity contribution is 6.09. The highest BCUT2D eigenvalue weighted by Gasteiger charge is 2.25. The molecule has 0 bridgehead atoms. The number of para-hydroxylation sites is 2. The van der Waals surface area contributed by atoms with E-state index in [4.69, 9.17) is 4.74 Å². The molecule has 0 radical (unpaired) electrons. The van der Waals surface area contributed by atoms with Crippen molar-refractivity contribution in [2.45, 2.75) is 6.42 Å². The summed E-state index contributed by atoms with van der Waals surface area (Å²) in [5, 5.41) is 2.88. The zero-order valence-electron chi connectivity index (χ0n) is 16.3. The minimum Gasteiger partial charge on any atom is -0.488 e. The first-order valence-electron chi connectivity index (χ1n) is 9.93. The summed E-state index contributed by atoms with van der Waals surface area (Å²) in [4.78, 5) is 27.3. The minimum atomic E-state index is -0.211. The Kier molecular flexibility index (Phi) is 4.56. The van der Waals surface area contributed by atoms with Gasteiger partial charge in [0.15, 0.2) is 0 Å². The second-order valence-electron chi connectivity index (χ2n) is 7.36. The van der Waals surface area contributed by atoms with Crippen LogP contribution < -0.4 is 15.0 Å². The van der Waals surface area contributed by atoms with Crippen LogP contribution in [0.15, 0.2) is 78.4 Å². The molecule has 5 heteroatoms. The molecule has 30 heavy (non-hydrogen) atoms. The Labute approximate surface area is 174 Å². The van der Waals surface area contributed by atoms with Crippen molar-refractivity contribution >= 4 is 29.3 Å². The average Bonchev–Trinajstić information content (AvgIpc) is 3.23. The van der Waals surface area contributed by atoms with Crippen LogP contribution in [0.4, 0.5) is 11.4 Å². The quantitative estimate of drug-likeness (QED) is 0.718. The van der Waals surface area contributed by atoms with E-state index in [9.17, 15) is 9.59 Å². The van der Waals surface area contributed by atoms with Crippen LogP contribution >= 0.6 is 0 Å². The molecule has 0 unspecified atom stereocenters. The third-order valence-electron chi connectivity index (χ3n) is 5.45. The van der Waals surface area contributed by atoms with E-state index >= 15 is 0 Å². The summed E-state index contributed by atoms with van der Waals surface area (Å²) in [7, 11) is 0. The molecule has 0 fully saturated rings. The van der Waals surface area contributed by atoms with Gasteiger partial charge in [-0.25, -0.2) is 0 Å². The van der Waals surface area contributed by atoms with Crippen molar-refractivity contribution in [2.24, 2.45) is 0 Å². The van der Waals surface area contributed by atoms with E-state index in [1.54, 1.807) is 24.3 Å². The van der Waals surface area contributed by atoms with Gasteiger partial charge in [-0.1, -0.05) is 36.4 Å². The Balaban J connectivity index is 1.29. The van der Waals surface area contributed by atoms with E-state index in [-0.39, 0.29) is 18.4 Å². The van der Waals surface area contributed by atoms with Gasteiger partial charge in [0.25, 0.3) is 11.8 Å². The lowest BCUT2D eigenvalue weighted by atomic mass is 10.1. The van der Waals surface area contributed by atoms with Gasteiger partial charge in [0.1, 0.15) is 12.4 Å². The van der Waals surface area contributed by atoms with E-state index < -0.39 is 0 Å². The van der Waals surface area contributed by atoms with Crippen LogP contribution in [0.2, 0.25) is 0 Å². The number of ether oxygens (including phenoxy) is 1. The van der Waals surface area contributed by atoms with Crippen LogP contribution in [-0.2, 0) is 11.2 Å². The molecule has 2 aliphatic heterocycles. The van der Waals surface area contributed by atoms with Gasteiger partial charge < -0.3 is 15.0 Å². The number of carbonyl (C=O) groups excluding carboxylic acids is 2. The lowest BCUT2D eigenvalue weighted by molar-refractivity contribution is -0.113. The highest BCUT2D eigenvalue weighted by atomic mass is 16.5. The van der Waals surface area contributed by atoms with Crippen molar-refractivity contribution in [1.29, 1.82) is 0 Å². The van der Waals surface area contributed by atoms with Crippen molar-refractivity contribution in [3.05, 3.63) is 95.1 Å². The summed E-state index contributed by atoms with van der Waals surface area (Å²) in [6, 6.07) is 22.6. The first-order chi connectivity index (χ1) is 14.7. The van der Waals surface area contributed by atoms with Gasteiger partial charge >= 0.3 is 0 Å². The molecule has 0 aromatic heterocycles. The number of anilines is 2. The van der Waals surface area contributed by atoms with E-state index in [1.165, 1.54) is 5.56 Å². The Morgan fingerprint density at radius 1 is 0.900 bits per heavy atom. The smallest absolute Gasteiger partial charge is 0.258 e. The summed E-state index contributed by atoms with van der Waals surface area (Å²) in [6.45, 7) is 0.917. The monoisotopic (exact) mass is 396 g/mol. The van der Waals surface area contributed by atoms with E-state index in [0.717, 1.165) is 23.4 Å². The van der Waals surface area contributed by atoms with Gasteiger partial charge in [0.2, 0.25) is 0 Å². The number of carbonyl (C=O) groups is 2. The molecule has 2 amide bonds. The molecular formula is C25H20N2O3. The maximum atomic E-state index is 12.9. The average molecular weight is 396 g/mol. The molecular weight excluding hydrogens is 376 g/mol. The van der Waals surface area contributed by atoms with Crippen molar-refractivity contribution in [3.8, 4) is 5.75 Å². The van der Waals surface area contributed by atoms with Gasteiger partial charge in [0, 0.05) is 29.0 Å². The molecule has 0 atom stereocenters. The van der Waals surface area contributed by atoms with Crippen molar-refractivity contribution in [2.75, 3.05) is 23.4 Å². The lowest BCUT2D eigenvalue weighted by Crippen LogP contribution is -2.28. The van der Waals surface area contributed by atoms with Gasteiger partial charge in [-0.3, -0.25) is 9.59 Å². The molecule has 0 aliphatic carbocycles. The van der Waals surface area contributed by atoms with Crippen LogP contribution in [0, 0.1) is 0 Å². The summed E-state index contributed by atoms with van der Waals surface area (Å²) >= 11 is 0. The summed E-state index contributed by atoms with van der Waals surface area (Å²) in [5.74, 6) is 0.537. The Morgan fingerprint density at radius 2 is 1.67 bits per heavy atom. The standard InChI is InChI=1S/C25H20N2O3/c28-24(20-15-19-6-2-4-8-23(19)30-16-20)26-21-11-9-18(10-12-21)25(29)27-14-13-17-5-1-3-7-22(17)27/h1-12,15H,13-14,16H2,(H,26,28). The first kappa shape index (κ1) is 18.2. The van der Waals surface area contributed by atoms with Gasteiger partial charge in [0.05, 0.1) is 5.57 Å². The predicted octanol–water partition coefficient (Wildman–Crippen LogP) is 4.30. The van der Waals surface area contributed by atoms with Crippen LogP contribution in [0.25, 0.3) is 6.08 Å². The zero-order valence-corrected chi connectivity index (χ0v) is 16.3. The number of amides is 2. The molecule has 0 saturated heterocycles. The number of hydrogen-bond donors (Lipinski definition) is 1. The SMILES string of the molecule is O=C(Nc1ccc(C(=O)N2CCc3ccccc32)cc1)C1=Cc2ccccc2OC1. The van der Waals surface area contributed by atoms with E-state index in [2.05, 4.69) is 11.4 Å². The fourth-order valence-corrected chi connectivity index (χ4v) is 3.86. The predicted molar refractivity (Wildman–Crippen MR) is 117 cm³/mol. The number of nitrogens with one attached hydrogen (secondary N) is 1. The van der Waals surface area contributed by atoms with Gasteiger partial charge in [-0.15, -0.1) is 0 Å². The maximum Gasteiger partial charge on any atom is 0.258 e. The normalized spacial score (nSPS) is 14.3. The fourth-order valence-electron chi connectivity index (χ4n) is 3.86. The Bertz CT molecular complexity index is 1170. The topological polar surface area (TPSA) is 58.6 Å². The highest BCUT2D eigenvalue weighted by Crippen LogP contribution is 2.29. The molecule has 1 N–H and O–H groups in total. The number of nitrogens with zero attached hydrogens (tertiary/aromatic N) is 1. The number of hydrogen-bond acceptors (Lipinski definition) is 3. The third kappa shape index (κ3) is 3.35. The summed E-state index contributed by atoms with van der Waals surface area (Å²) < 4.78 is 5.65. The van der Waals surface area contributed by atoms with Gasteiger partial charge in [-0.2, -0.15) is 0 Å². The van der Waals surface area contributed by atoms with Crippen molar-refractivity contribution in [1.82, 2.24) is 0 Å². The van der Waals surface area contributed by atoms with Crippen LogP contribution in [0.3, 0.4) is 0 Å². The number of rotatable bonds is 3.